The fraction of sp³-hybridized carbons (Fsp3) is 0.286. The zero-order valence-electron chi connectivity index (χ0n) is 15.9. The number of nitrogens with two attached hydrogens (primary N) is 1. The molecule has 1 aromatic heterocycles. The molecule has 8 heteroatoms. The van der Waals surface area contributed by atoms with Crippen LogP contribution in [0.15, 0.2) is 48.7 Å². The number of cyclic esters (lactones) is 1. The maximum absolute atomic E-state index is 14.8. The number of carbonyl (C=O) groups excluding carboxylic acids is 2. The van der Waals surface area contributed by atoms with Crippen LogP contribution in [-0.4, -0.2) is 42.7 Å². The van der Waals surface area contributed by atoms with Crippen LogP contribution in [0.2, 0.25) is 0 Å². The van der Waals surface area contributed by atoms with E-state index in [9.17, 15) is 14.0 Å². The average molecular weight is 396 g/mol. The first kappa shape index (κ1) is 18.9. The Morgan fingerprint density at radius 1 is 1.28 bits per heavy atom. The molecule has 2 amide bonds. The molecule has 150 valence electrons. The molecule has 0 saturated carbocycles. The van der Waals surface area contributed by atoms with Gasteiger partial charge in [0, 0.05) is 30.4 Å². The molecule has 1 unspecified atom stereocenters. The van der Waals surface area contributed by atoms with Gasteiger partial charge in [0.25, 0.3) is 0 Å². The molecule has 2 atom stereocenters. The summed E-state index contributed by atoms with van der Waals surface area (Å²) in [6.07, 6.45) is 4.51. The SMILES string of the molecule is C[C@H](C(N)=O)C1CN(c2ccc(-c3ccc(N4CC=CC4)nc3)c(F)c2)C(=O)O1. The minimum atomic E-state index is -0.653. The summed E-state index contributed by atoms with van der Waals surface area (Å²) < 4.78 is 20.0. The number of hydrogen-bond donors (Lipinski definition) is 1. The Hall–Kier alpha value is -3.42. The molecule has 2 N–H and O–H groups in total. The molecule has 29 heavy (non-hydrogen) atoms. The zero-order chi connectivity index (χ0) is 20.5. The van der Waals surface area contributed by atoms with E-state index in [1.807, 2.05) is 12.1 Å². The van der Waals surface area contributed by atoms with Crippen molar-refractivity contribution in [3.63, 3.8) is 0 Å². The lowest BCUT2D eigenvalue weighted by atomic mass is 10.0. The average Bonchev–Trinajstić information content (AvgIpc) is 3.37. The first-order chi connectivity index (χ1) is 13.9. The van der Waals surface area contributed by atoms with Gasteiger partial charge in [0.15, 0.2) is 0 Å². The van der Waals surface area contributed by atoms with Crippen LogP contribution < -0.4 is 15.5 Å². The maximum Gasteiger partial charge on any atom is 0.414 e. The maximum atomic E-state index is 14.8. The number of amides is 2. The Bertz CT molecular complexity index is 968. The highest BCUT2D eigenvalue weighted by molar-refractivity contribution is 5.91. The van der Waals surface area contributed by atoms with Crippen LogP contribution in [0.1, 0.15) is 6.92 Å². The molecule has 0 aliphatic carbocycles. The third-order valence-electron chi connectivity index (χ3n) is 5.31. The number of pyridine rings is 1. The Labute approximate surface area is 167 Å². The molecule has 2 aromatic rings. The minimum Gasteiger partial charge on any atom is -0.443 e. The van der Waals surface area contributed by atoms with Crippen LogP contribution in [0, 0.1) is 11.7 Å². The van der Waals surface area contributed by atoms with Gasteiger partial charge >= 0.3 is 6.09 Å². The summed E-state index contributed by atoms with van der Waals surface area (Å²) in [5.41, 5.74) is 6.69. The van der Waals surface area contributed by atoms with E-state index in [4.69, 9.17) is 10.5 Å². The first-order valence-corrected chi connectivity index (χ1v) is 9.37. The van der Waals surface area contributed by atoms with Crippen molar-refractivity contribution < 1.29 is 18.7 Å². The molecule has 7 nitrogen and oxygen atoms in total. The highest BCUT2D eigenvalue weighted by Gasteiger charge is 2.37. The second kappa shape index (κ2) is 7.54. The molecule has 1 saturated heterocycles. The number of benzene rings is 1. The minimum absolute atomic E-state index is 0.141. The van der Waals surface area contributed by atoms with Gasteiger partial charge in [0.2, 0.25) is 5.91 Å². The zero-order valence-corrected chi connectivity index (χ0v) is 15.9. The fourth-order valence-electron chi connectivity index (χ4n) is 3.44. The second-order valence-corrected chi connectivity index (χ2v) is 7.17. The summed E-state index contributed by atoms with van der Waals surface area (Å²) in [4.78, 5) is 31.3. The van der Waals surface area contributed by atoms with Crippen molar-refractivity contribution >= 4 is 23.5 Å². The van der Waals surface area contributed by atoms with Crippen LogP contribution in [0.25, 0.3) is 11.1 Å². The molecular formula is C21H21FN4O3. The quantitative estimate of drug-likeness (QED) is 0.785. The number of halogens is 1. The van der Waals surface area contributed by atoms with Gasteiger partial charge in [0.1, 0.15) is 17.7 Å². The number of ether oxygens (including phenoxy) is 1. The van der Waals surface area contributed by atoms with Crippen molar-refractivity contribution in [2.75, 3.05) is 29.4 Å². The van der Waals surface area contributed by atoms with E-state index in [0.29, 0.717) is 16.8 Å². The molecule has 2 aliphatic heterocycles. The predicted molar refractivity (Wildman–Crippen MR) is 107 cm³/mol. The first-order valence-electron chi connectivity index (χ1n) is 9.37. The van der Waals surface area contributed by atoms with Gasteiger partial charge in [-0.1, -0.05) is 12.2 Å². The number of rotatable bonds is 5. The van der Waals surface area contributed by atoms with Crippen molar-refractivity contribution in [2.24, 2.45) is 11.7 Å². The van der Waals surface area contributed by atoms with Crippen molar-refractivity contribution in [3.05, 3.63) is 54.5 Å². The van der Waals surface area contributed by atoms with Gasteiger partial charge in [-0.3, -0.25) is 9.69 Å². The Balaban J connectivity index is 1.52. The Kier molecular flexibility index (Phi) is 4.92. The largest absolute Gasteiger partial charge is 0.443 e. The number of carbonyl (C=O) groups is 2. The summed E-state index contributed by atoms with van der Waals surface area (Å²) in [7, 11) is 0. The van der Waals surface area contributed by atoms with Gasteiger partial charge in [-0.2, -0.15) is 0 Å². The van der Waals surface area contributed by atoms with Crippen molar-refractivity contribution in [1.82, 2.24) is 4.98 Å². The van der Waals surface area contributed by atoms with Crippen LogP contribution in [0.3, 0.4) is 0 Å². The number of nitrogens with zero attached hydrogens (tertiary/aromatic N) is 3. The normalized spacial score (nSPS) is 19.5. The van der Waals surface area contributed by atoms with E-state index < -0.39 is 29.8 Å². The molecule has 3 heterocycles. The smallest absolute Gasteiger partial charge is 0.414 e. The Morgan fingerprint density at radius 3 is 2.66 bits per heavy atom. The third-order valence-corrected chi connectivity index (χ3v) is 5.31. The van der Waals surface area contributed by atoms with E-state index in [1.165, 1.54) is 11.0 Å². The number of anilines is 2. The molecule has 0 bridgehead atoms. The van der Waals surface area contributed by atoms with Crippen LogP contribution >= 0.6 is 0 Å². The molecule has 1 fully saturated rings. The van der Waals surface area contributed by atoms with Gasteiger partial charge < -0.3 is 15.4 Å². The lowest BCUT2D eigenvalue weighted by Crippen LogP contribution is -2.34. The summed E-state index contributed by atoms with van der Waals surface area (Å²) >= 11 is 0. The van der Waals surface area contributed by atoms with Crippen molar-refractivity contribution in [1.29, 1.82) is 0 Å². The van der Waals surface area contributed by atoms with Crippen LogP contribution in [0.4, 0.5) is 20.7 Å². The molecule has 0 spiro atoms. The summed E-state index contributed by atoms with van der Waals surface area (Å²) in [6.45, 7) is 3.37. The summed E-state index contributed by atoms with van der Waals surface area (Å²) in [5, 5.41) is 0. The van der Waals surface area contributed by atoms with Gasteiger partial charge in [-0.25, -0.2) is 14.2 Å². The van der Waals surface area contributed by atoms with E-state index in [-0.39, 0.29) is 6.54 Å². The number of hydrogen-bond acceptors (Lipinski definition) is 5. The van der Waals surface area contributed by atoms with Gasteiger partial charge in [0.05, 0.1) is 18.2 Å². The standard InChI is InChI=1S/C21H21FN4O3/c1-13(20(23)27)18-12-26(21(28)29-18)15-5-6-16(17(22)10-15)14-4-7-19(24-11-14)25-8-2-3-9-25/h2-7,10-11,13,18H,8-9,12H2,1H3,(H2,23,27)/t13-,18?/m0/s1. The van der Waals surface area contributed by atoms with E-state index in [2.05, 4.69) is 22.0 Å². The van der Waals surface area contributed by atoms with E-state index in [0.717, 1.165) is 18.9 Å². The predicted octanol–water partition coefficient (Wildman–Crippen LogP) is 2.71. The highest BCUT2D eigenvalue weighted by atomic mass is 19.1. The Morgan fingerprint density at radius 2 is 2.03 bits per heavy atom. The monoisotopic (exact) mass is 396 g/mol. The molecular weight excluding hydrogens is 375 g/mol. The number of aromatic nitrogens is 1. The summed E-state index contributed by atoms with van der Waals surface area (Å²) in [6, 6.07) is 8.23. The van der Waals surface area contributed by atoms with Gasteiger partial charge in [-0.05, 0) is 37.3 Å². The topological polar surface area (TPSA) is 88.8 Å². The fourth-order valence-corrected chi connectivity index (χ4v) is 3.44. The molecule has 2 aliphatic rings. The molecule has 0 radical (unpaired) electrons. The lowest BCUT2D eigenvalue weighted by Gasteiger charge is -2.17. The van der Waals surface area contributed by atoms with Crippen molar-refractivity contribution in [3.8, 4) is 11.1 Å². The van der Waals surface area contributed by atoms with Gasteiger partial charge in [-0.15, -0.1) is 0 Å². The van der Waals surface area contributed by atoms with Crippen LogP contribution in [0.5, 0.6) is 0 Å². The molecule has 4 rings (SSSR count). The van der Waals surface area contributed by atoms with E-state index >= 15 is 0 Å². The van der Waals surface area contributed by atoms with Crippen LogP contribution in [-0.2, 0) is 9.53 Å². The molecule has 1 aromatic carbocycles. The van der Waals surface area contributed by atoms with Crippen molar-refractivity contribution in [2.45, 2.75) is 13.0 Å². The number of primary amides is 1. The summed E-state index contributed by atoms with van der Waals surface area (Å²) in [5.74, 6) is -0.806. The third kappa shape index (κ3) is 3.65. The van der Waals surface area contributed by atoms with E-state index in [1.54, 1.807) is 25.3 Å². The second-order valence-electron chi connectivity index (χ2n) is 7.17. The lowest BCUT2D eigenvalue weighted by molar-refractivity contribution is -0.123. The highest BCUT2D eigenvalue weighted by Crippen LogP contribution is 2.30.